The number of ether oxygens (including phenoxy) is 1. The summed E-state index contributed by atoms with van der Waals surface area (Å²) in [6, 6.07) is 13.5. The van der Waals surface area contributed by atoms with Gasteiger partial charge in [-0.3, -0.25) is 14.3 Å². The highest BCUT2D eigenvalue weighted by Gasteiger charge is 2.34. The quantitative estimate of drug-likeness (QED) is 0.371. The number of pyridine rings is 2. The third-order valence-electron chi connectivity index (χ3n) is 7.14. The molecule has 0 fully saturated rings. The van der Waals surface area contributed by atoms with Crippen LogP contribution >= 0.6 is 0 Å². The van der Waals surface area contributed by atoms with Gasteiger partial charge in [0.1, 0.15) is 30.3 Å². The smallest absolute Gasteiger partial charge is 0.407 e. The van der Waals surface area contributed by atoms with Crippen molar-refractivity contribution < 1.29 is 14.3 Å². The number of alkyl carbamates (subject to hydrolysis) is 1. The lowest BCUT2D eigenvalue weighted by molar-refractivity contribution is 0.0996. The second kappa shape index (κ2) is 10.8. The zero-order valence-corrected chi connectivity index (χ0v) is 23.5. The van der Waals surface area contributed by atoms with Crippen LogP contribution in [0, 0.1) is 13.8 Å². The molecular formula is C29H32N8O3. The lowest BCUT2D eigenvalue weighted by Gasteiger charge is -2.23. The number of anilines is 2. The van der Waals surface area contributed by atoms with Crippen molar-refractivity contribution in [3.63, 3.8) is 0 Å². The van der Waals surface area contributed by atoms with Crippen molar-refractivity contribution in [2.75, 3.05) is 23.9 Å². The monoisotopic (exact) mass is 540 g/mol. The van der Waals surface area contributed by atoms with Crippen LogP contribution in [0.3, 0.4) is 0 Å². The predicted molar refractivity (Wildman–Crippen MR) is 152 cm³/mol. The molecule has 0 bridgehead atoms. The molecule has 1 aliphatic heterocycles. The molecule has 3 aromatic heterocycles. The van der Waals surface area contributed by atoms with Crippen molar-refractivity contribution in [2.24, 2.45) is 0 Å². The number of nitrogens with one attached hydrogen (secondary N) is 1. The summed E-state index contributed by atoms with van der Waals surface area (Å²) in [6.07, 6.45) is 1.11. The van der Waals surface area contributed by atoms with Gasteiger partial charge >= 0.3 is 6.09 Å². The average Bonchev–Trinajstić information content (AvgIpc) is 3.56. The minimum atomic E-state index is -0.568. The lowest BCUT2D eigenvalue weighted by atomic mass is 10.1. The van der Waals surface area contributed by atoms with Gasteiger partial charge in [-0.2, -0.15) is 0 Å². The SMILES string of the molecule is CNC(=O)OCc1nc(N(C)C(C)C)cc2c1CN(c1cccc(-c3nncn3-c3c(C)cccc3C)n1)C2=O. The molecule has 1 N–H and O–H groups in total. The molecule has 0 aliphatic carbocycles. The van der Waals surface area contributed by atoms with E-state index in [0.29, 0.717) is 40.0 Å². The molecule has 0 spiro atoms. The Morgan fingerprint density at radius 1 is 1.12 bits per heavy atom. The Balaban J connectivity index is 1.52. The number of benzene rings is 1. The maximum absolute atomic E-state index is 13.8. The molecule has 5 rings (SSSR count). The van der Waals surface area contributed by atoms with E-state index in [0.717, 1.165) is 16.8 Å². The van der Waals surface area contributed by atoms with E-state index in [2.05, 4.69) is 15.5 Å². The third-order valence-corrected chi connectivity index (χ3v) is 7.14. The number of hydrogen-bond donors (Lipinski definition) is 1. The topological polar surface area (TPSA) is 118 Å². The molecule has 4 heterocycles. The maximum Gasteiger partial charge on any atom is 0.407 e. The molecule has 0 atom stereocenters. The lowest BCUT2D eigenvalue weighted by Crippen LogP contribution is -2.27. The van der Waals surface area contributed by atoms with Crippen molar-refractivity contribution in [2.45, 2.75) is 46.9 Å². The first-order valence-corrected chi connectivity index (χ1v) is 13.1. The van der Waals surface area contributed by atoms with Crippen molar-refractivity contribution in [1.82, 2.24) is 30.0 Å². The molecule has 0 saturated heterocycles. The van der Waals surface area contributed by atoms with E-state index in [1.807, 2.05) is 74.5 Å². The number of carbonyl (C=O) groups excluding carboxylic acids is 2. The molecular weight excluding hydrogens is 508 g/mol. The minimum absolute atomic E-state index is 0.0603. The van der Waals surface area contributed by atoms with E-state index in [1.165, 1.54) is 7.05 Å². The van der Waals surface area contributed by atoms with Gasteiger partial charge in [0.05, 0.1) is 23.5 Å². The number of amides is 2. The fourth-order valence-electron chi connectivity index (χ4n) is 4.77. The van der Waals surface area contributed by atoms with Crippen LogP contribution in [0.1, 0.15) is 46.6 Å². The Morgan fingerprint density at radius 2 is 1.85 bits per heavy atom. The Kier molecular flexibility index (Phi) is 7.20. The van der Waals surface area contributed by atoms with Gasteiger partial charge in [0.15, 0.2) is 5.82 Å². The molecule has 11 nitrogen and oxygen atoms in total. The Bertz CT molecular complexity index is 1580. The normalized spacial score (nSPS) is 12.6. The number of aryl methyl sites for hydroxylation is 2. The van der Waals surface area contributed by atoms with Crippen LogP contribution in [0.4, 0.5) is 16.4 Å². The number of aromatic nitrogens is 5. The largest absolute Gasteiger partial charge is 0.443 e. The molecule has 1 aromatic carbocycles. The number of nitrogens with zero attached hydrogens (tertiary/aromatic N) is 7. The summed E-state index contributed by atoms with van der Waals surface area (Å²) in [7, 11) is 3.41. The van der Waals surface area contributed by atoms with Gasteiger partial charge in [0, 0.05) is 25.7 Å². The summed E-state index contributed by atoms with van der Waals surface area (Å²) in [5.74, 6) is 1.48. The molecule has 0 unspecified atom stereocenters. The highest BCUT2D eigenvalue weighted by Crippen LogP contribution is 2.33. The number of hydrogen-bond acceptors (Lipinski definition) is 8. The van der Waals surface area contributed by atoms with Gasteiger partial charge in [-0.15, -0.1) is 10.2 Å². The summed E-state index contributed by atoms with van der Waals surface area (Å²) in [5.41, 5.74) is 5.51. The number of fused-ring (bicyclic) bond motifs is 1. The summed E-state index contributed by atoms with van der Waals surface area (Å²) < 4.78 is 7.24. The van der Waals surface area contributed by atoms with Gasteiger partial charge < -0.3 is 15.0 Å². The first-order valence-electron chi connectivity index (χ1n) is 13.1. The third kappa shape index (κ3) is 4.86. The van der Waals surface area contributed by atoms with Crippen LogP contribution < -0.4 is 15.1 Å². The standard InChI is InChI=1S/C29H32N8O3/c1-17(2)35(6)25-13-20-21(23(33-25)15-40-29(39)30-5)14-36(28(20)38)24-12-8-11-22(32-24)27-34-31-16-37(27)26-18(3)9-7-10-19(26)4/h7-13,16-17H,14-15H2,1-6H3,(H,30,39). The number of para-hydroxylation sites is 1. The highest BCUT2D eigenvalue weighted by molar-refractivity contribution is 6.10. The van der Waals surface area contributed by atoms with Crippen LogP contribution in [0.15, 0.2) is 48.8 Å². The zero-order chi connectivity index (χ0) is 28.6. The van der Waals surface area contributed by atoms with Gasteiger partial charge in [0.25, 0.3) is 5.91 Å². The minimum Gasteiger partial charge on any atom is -0.443 e. The second-order valence-electron chi connectivity index (χ2n) is 10.0. The van der Waals surface area contributed by atoms with Crippen molar-refractivity contribution in [1.29, 1.82) is 0 Å². The van der Waals surface area contributed by atoms with Gasteiger partial charge in [-0.1, -0.05) is 24.3 Å². The summed E-state index contributed by atoms with van der Waals surface area (Å²) in [5, 5.41) is 11.0. The Morgan fingerprint density at radius 3 is 2.55 bits per heavy atom. The van der Waals surface area contributed by atoms with Gasteiger partial charge in [-0.25, -0.2) is 14.8 Å². The predicted octanol–water partition coefficient (Wildman–Crippen LogP) is 4.20. The van der Waals surface area contributed by atoms with Crippen LogP contribution in [-0.4, -0.2) is 56.9 Å². The second-order valence-corrected chi connectivity index (χ2v) is 10.0. The molecule has 4 aromatic rings. The van der Waals surface area contributed by atoms with Crippen molar-refractivity contribution in [3.05, 3.63) is 76.7 Å². The highest BCUT2D eigenvalue weighted by atomic mass is 16.5. The van der Waals surface area contributed by atoms with Crippen LogP contribution in [-0.2, 0) is 17.9 Å². The summed E-state index contributed by atoms with van der Waals surface area (Å²) >= 11 is 0. The average molecular weight is 541 g/mol. The molecule has 0 radical (unpaired) electrons. The molecule has 40 heavy (non-hydrogen) atoms. The molecule has 11 heteroatoms. The summed E-state index contributed by atoms with van der Waals surface area (Å²) in [4.78, 5) is 38.7. The molecule has 1 aliphatic rings. The van der Waals surface area contributed by atoms with E-state index >= 15 is 0 Å². The number of carbonyl (C=O) groups is 2. The first kappa shape index (κ1) is 26.8. The van der Waals surface area contributed by atoms with E-state index in [1.54, 1.807) is 23.4 Å². The molecule has 206 valence electrons. The van der Waals surface area contributed by atoms with Gasteiger partial charge in [-0.05, 0) is 57.0 Å². The van der Waals surface area contributed by atoms with E-state index in [9.17, 15) is 9.59 Å². The van der Waals surface area contributed by atoms with E-state index in [4.69, 9.17) is 14.7 Å². The first-order chi connectivity index (χ1) is 19.2. The van der Waals surface area contributed by atoms with E-state index in [-0.39, 0.29) is 25.1 Å². The number of rotatable bonds is 7. The Labute approximate surface area is 232 Å². The maximum atomic E-state index is 13.8. The fraction of sp³-hybridized carbons (Fsp3) is 0.310. The molecule has 2 amide bonds. The van der Waals surface area contributed by atoms with Gasteiger partial charge in [0.2, 0.25) is 0 Å². The van der Waals surface area contributed by atoms with Crippen molar-refractivity contribution in [3.8, 4) is 17.2 Å². The van der Waals surface area contributed by atoms with Crippen LogP contribution in [0.5, 0.6) is 0 Å². The van der Waals surface area contributed by atoms with E-state index < -0.39 is 6.09 Å². The summed E-state index contributed by atoms with van der Waals surface area (Å²) in [6.45, 7) is 8.35. The Hall–Kier alpha value is -4.80. The molecule has 0 saturated carbocycles. The fourth-order valence-corrected chi connectivity index (χ4v) is 4.77. The van der Waals surface area contributed by atoms with Crippen LogP contribution in [0.25, 0.3) is 17.2 Å². The van der Waals surface area contributed by atoms with Crippen LogP contribution in [0.2, 0.25) is 0 Å². The zero-order valence-electron chi connectivity index (χ0n) is 23.5. The van der Waals surface area contributed by atoms with Crippen molar-refractivity contribution >= 4 is 23.6 Å².